The van der Waals surface area contributed by atoms with E-state index in [1.54, 1.807) is 17.5 Å². The third kappa shape index (κ3) is 1.76. The first-order valence-electron chi connectivity index (χ1n) is 6.33. The molecule has 0 saturated heterocycles. The standard InChI is InChI=1S/C14H17N3S/c1-10-12(14(9-15)5-3-6-14)18-13(17-10)11-4-2-7-16-8-11/h2,4,7-8H,3,5-6,9,15H2,1H3. The Morgan fingerprint density at radius 3 is 2.83 bits per heavy atom. The summed E-state index contributed by atoms with van der Waals surface area (Å²) < 4.78 is 0. The Kier molecular flexibility index (Phi) is 2.92. The Hall–Kier alpha value is -1.26. The van der Waals surface area contributed by atoms with Gasteiger partial charge in [-0.05, 0) is 31.9 Å². The highest BCUT2D eigenvalue weighted by Crippen LogP contribution is 2.47. The molecule has 1 fully saturated rings. The van der Waals surface area contributed by atoms with Crippen LogP contribution in [0.15, 0.2) is 24.5 Å². The van der Waals surface area contributed by atoms with Crippen molar-refractivity contribution >= 4 is 11.3 Å². The quantitative estimate of drug-likeness (QED) is 0.922. The molecule has 0 unspecified atom stereocenters. The van der Waals surface area contributed by atoms with E-state index in [1.807, 2.05) is 12.3 Å². The lowest BCUT2D eigenvalue weighted by molar-refractivity contribution is 0.257. The molecule has 0 aliphatic heterocycles. The fourth-order valence-electron chi connectivity index (χ4n) is 2.63. The number of aryl methyl sites for hydroxylation is 1. The molecule has 2 N–H and O–H groups in total. The number of pyridine rings is 1. The molecular weight excluding hydrogens is 242 g/mol. The van der Waals surface area contributed by atoms with Crippen LogP contribution in [0.4, 0.5) is 0 Å². The molecule has 2 aromatic heterocycles. The summed E-state index contributed by atoms with van der Waals surface area (Å²) in [6.45, 7) is 2.84. The third-order valence-corrected chi connectivity index (χ3v) is 5.34. The summed E-state index contributed by atoms with van der Waals surface area (Å²) in [6, 6.07) is 4.01. The molecule has 94 valence electrons. The summed E-state index contributed by atoms with van der Waals surface area (Å²) in [7, 11) is 0. The highest BCUT2D eigenvalue weighted by atomic mass is 32.1. The summed E-state index contributed by atoms with van der Waals surface area (Å²) in [5, 5.41) is 1.07. The Morgan fingerprint density at radius 1 is 1.44 bits per heavy atom. The van der Waals surface area contributed by atoms with Crippen LogP contribution >= 0.6 is 11.3 Å². The molecule has 0 amide bonds. The van der Waals surface area contributed by atoms with E-state index in [2.05, 4.69) is 18.0 Å². The zero-order chi connectivity index (χ0) is 12.6. The van der Waals surface area contributed by atoms with Crippen molar-refractivity contribution in [1.29, 1.82) is 0 Å². The number of thiazole rings is 1. The molecule has 1 aliphatic carbocycles. The van der Waals surface area contributed by atoms with E-state index in [4.69, 9.17) is 10.7 Å². The Bertz CT molecular complexity index is 538. The summed E-state index contributed by atoms with van der Waals surface area (Å²) in [5.74, 6) is 0. The number of nitrogens with two attached hydrogens (primary N) is 1. The summed E-state index contributed by atoms with van der Waals surface area (Å²) in [4.78, 5) is 10.2. The SMILES string of the molecule is Cc1nc(-c2cccnc2)sc1C1(CN)CCC1. The van der Waals surface area contributed by atoms with Crippen LogP contribution in [0.2, 0.25) is 0 Å². The van der Waals surface area contributed by atoms with Gasteiger partial charge in [-0.3, -0.25) is 4.98 Å². The van der Waals surface area contributed by atoms with Gasteiger partial charge in [-0.25, -0.2) is 4.98 Å². The third-order valence-electron chi connectivity index (χ3n) is 3.89. The maximum absolute atomic E-state index is 5.98. The maximum Gasteiger partial charge on any atom is 0.125 e. The van der Waals surface area contributed by atoms with E-state index in [-0.39, 0.29) is 5.41 Å². The fourth-order valence-corrected chi connectivity index (χ4v) is 3.94. The number of hydrogen-bond donors (Lipinski definition) is 1. The second-order valence-electron chi connectivity index (χ2n) is 5.01. The van der Waals surface area contributed by atoms with E-state index >= 15 is 0 Å². The minimum Gasteiger partial charge on any atom is -0.330 e. The number of rotatable bonds is 3. The molecule has 0 bridgehead atoms. The Balaban J connectivity index is 2.01. The van der Waals surface area contributed by atoms with Gasteiger partial charge in [-0.2, -0.15) is 0 Å². The van der Waals surface area contributed by atoms with Crippen molar-refractivity contribution in [2.75, 3.05) is 6.54 Å². The zero-order valence-electron chi connectivity index (χ0n) is 10.5. The van der Waals surface area contributed by atoms with E-state index in [0.29, 0.717) is 0 Å². The largest absolute Gasteiger partial charge is 0.330 e. The zero-order valence-corrected chi connectivity index (χ0v) is 11.3. The predicted molar refractivity (Wildman–Crippen MR) is 74.7 cm³/mol. The molecular formula is C14H17N3S. The lowest BCUT2D eigenvalue weighted by Crippen LogP contribution is -2.41. The molecule has 0 spiro atoms. The predicted octanol–water partition coefficient (Wildman–Crippen LogP) is 2.89. The van der Waals surface area contributed by atoms with Gasteiger partial charge in [-0.1, -0.05) is 6.42 Å². The molecule has 1 aliphatic rings. The molecule has 2 aromatic rings. The van der Waals surface area contributed by atoms with Crippen LogP contribution < -0.4 is 5.73 Å². The van der Waals surface area contributed by atoms with Crippen LogP contribution in [0.3, 0.4) is 0 Å². The highest BCUT2D eigenvalue weighted by molar-refractivity contribution is 7.15. The molecule has 1 saturated carbocycles. The first-order chi connectivity index (χ1) is 8.75. The van der Waals surface area contributed by atoms with E-state index < -0.39 is 0 Å². The van der Waals surface area contributed by atoms with Crippen LogP contribution in [0.1, 0.15) is 29.8 Å². The van der Waals surface area contributed by atoms with Gasteiger partial charge < -0.3 is 5.73 Å². The molecule has 2 heterocycles. The smallest absolute Gasteiger partial charge is 0.125 e. The lowest BCUT2D eigenvalue weighted by Gasteiger charge is -2.40. The van der Waals surface area contributed by atoms with Gasteiger partial charge in [0.05, 0.1) is 5.69 Å². The second-order valence-corrected chi connectivity index (χ2v) is 6.01. The van der Waals surface area contributed by atoms with Crippen molar-refractivity contribution in [3.05, 3.63) is 35.1 Å². The van der Waals surface area contributed by atoms with Crippen molar-refractivity contribution in [2.24, 2.45) is 5.73 Å². The number of hydrogen-bond acceptors (Lipinski definition) is 4. The topological polar surface area (TPSA) is 51.8 Å². The minimum atomic E-state index is 0.211. The van der Waals surface area contributed by atoms with Crippen molar-refractivity contribution in [3.8, 4) is 10.6 Å². The molecule has 0 radical (unpaired) electrons. The van der Waals surface area contributed by atoms with Crippen LogP contribution in [0.5, 0.6) is 0 Å². The average Bonchev–Trinajstić information content (AvgIpc) is 2.73. The molecule has 4 heteroatoms. The van der Waals surface area contributed by atoms with Gasteiger partial charge in [0.15, 0.2) is 0 Å². The molecule has 0 atom stereocenters. The van der Waals surface area contributed by atoms with Crippen LogP contribution in [0, 0.1) is 6.92 Å². The van der Waals surface area contributed by atoms with Gasteiger partial charge in [0.25, 0.3) is 0 Å². The maximum atomic E-state index is 5.98. The van der Waals surface area contributed by atoms with Crippen molar-refractivity contribution < 1.29 is 0 Å². The van der Waals surface area contributed by atoms with Gasteiger partial charge in [-0.15, -0.1) is 11.3 Å². The summed E-state index contributed by atoms with van der Waals surface area (Å²) in [6.07, 6.45) is 7.37. The molecule has 3 rings (SSSR count). The fraction of sp³-hybridized carbons (Fsp3) is 0.429. The molecule has 18 heavy (non-hydrogen) atoms. The second kappa shape index (κ2) is 4.44. The van der Waals surface area contributed by atoms with E-state index in [9.17, 15) is 0 Å². The molecule has 3 nitrogen and oxygen atoms in total. The minimum absolute atomic E-state index is 0.211. The van der Waals surface area contributed by atoms with E-state index in [0.717, 1.165) is 22.8 Å². The van der Waals surface area contributed by atoms with E-state index in [1.165, 1.54) is 24.1 Å². The average molecular weight is 259 g/mol. The first kappa shape index (κ1) is 11.8. The van der Waals surface area contributed by atoms with Gasteiger partial charge in [0.1, 0.15) is 5.01 Å². The normalized spacial score (nSPS) is 17.4. The lowest BCUT2D eigenvalue weighted by atomic mass is 9.67. The van der Waals surface area contributed by atoms with Gasteiger partial charge in [0, 0.05) is 34.8 Å². The highest BCUT2D eigenvalue weighted by Gasteiger charge is 2.40. The number of aromatic nitrogens is 2. The summed E-state index contributed by atoms with van der Waals surface area (Å²) in [5.41, 5.74) is 8.44. The first-order valence-corrected chi connectivity index (χ1v) is 7.15. The van der Waals surface area contributed by atoms with Crippen LogP contribution in [0.25, 0.3) is 10.6 Å². The Labute approximate surface area is 111 Å². The van der Waals surface area contributed by atoms with Gasteiger partial charge in [0.2, 0.25) is 0 Å². The summed E-state index contributed by atoms with van der Waals surface area (Å²) >= 11 is 1.79. The number of nitrogens with zero attached hydrogens (tertiary/aromatic N) is 2. The molecule has 0 aromatic carbocycles. The Morgan fingerprint density at radius 2 is 2.28 bits per heavy atom. The van der Waals surface area contributed by atoms with Crippen LogP contribution in [-0.2, 0) is 5.41 Å². The van der Waals surface area contributed by atoms with Crippen molar-refractivity contribution in [1.82, 2.24) is 9.97 Å². The van der Waals surface area contributed by atoms with Crippen LogP contribution in [-0.4, -0.2) is 16.5 Å². The van der Waals surface area contributed by atoms with Gasteiger partial charge >= 0.3 is 0 Å². The van der Waals surface area contributed by atoms with Crippen molar-refractivity contribution in [2.45, 2.75) is 31.6 Å². The monoisotopic (exact) mass is 259 g/mol. The van der Waals surface area contributed by atoms with Crippen molar-refractivity contribution in [3.63, 3.8) is 0 Å².